The molecule has 2 unspecified atom stereocenters. The second kappa shape index (κ2) is 8.35. The fraction of sp³-hybridized carbons (Fsp3) is 0.348. The highest BCUT2D eigenvalue weighted by molar-refractivity contribution is 5.79. The third kappa shape index (κ3) is 4.33. The van der Waals surface area contributed by atoms with Gasteiger partial charge in [-0.05, 0) is 59.2 Å². The summed E-state index contributed by atoms with van der Waals surface area (Å²) in [4.78, 5) is 11.7. The van der Waals surface area contributed by atoms with E-state index in [1.165, 1.54) is 6.07 Å². The molecule has 0 aliphatic carbocycles. The van der Waals surface area contributed by atoms with Crippen LogP contribution in [0.1, 0.15) is 29.9 Å². The van der Waals surface area contributed by atoms with Gasteiger partial charge in [0.25, 0.3) is 5.56 Å². The molecular formula is C23H24FNO4. The summed E-state index contributed by atoms with van der Waals surface area (Å²) in [6.45, 7) is 0.908. The number of hydrogen-bond acceptors (Lipinski definition) is 4. The second-order valence-corrected chi connectivity index (χ2v) is 7.39. The minimum atomic E-state index is -0.313. The van der Waals surface area contributed by atoms with Crippen LogP contribution in [-0.4, -0.2) is 24.6 Å². The third-order valence-electron chi connectivity index (χ3n) is 5.47. The Morgan fingerprint density at radius 2 is 2.03 bits per heavy atom. The Hall–Kier alpha value is -2.70. The van der Waals surface area contributed by atoms with Crippen LogP contribution in [0.25, 0.3) is 10.9 Å². The number of rotatable bonds is 5. The van der Waals surface area contributed by atoms with Crippen molar-refractivity contribution in [1.82, 2.24) is 4.57 Å². The number of hydrogen-bond donors (Lipinski definition) is 0. The highest BCUT2D eigenvalue weighted by Gasteiger charge is 2.24. The Morgan fingerprint density at radius 1 is 1.17 bits per heavy atom. The van der Waals surface area contributed by atoms with Crippen molar-refractivity contribution in [3.05, 3.63) is 75.8 Å². The molecular weight excluding hydrogens is 373 g/mol. The highest BCUT2D eigenvalue weighted by Crippen LogP contribution is 2.33. The monoisotopic (exact) mass is 397 g/mol. The van der Waals surface area contributed by atoms with Gasteiger partial charge in [-0.25, -0.2) is 4.39 Å². The van der Waals surface area contributed by atoms with Gasteiger partial charge in [-0.3, -0.25) is 4.79 Å². The number of fused-ring (bicyclic) bond motifs is 1. The number of halogens is 1. The summed E-state index contributed by atoms with van der Waals surface area (Å²) in [5, 5.41) is 0.959. The molecule has 3 aromatic rings. The average Bonchev–Trinajstić information content (AvgIpc) is 2.74. The van der Waals surface area contributed by atoms with Crippen molar-refractivity contribution in [3.63, 3.8) is 0 Å². The Balaban J connectivity index is 1.51. The number of aromatic nitrogens is 1. The van der Waals surface area contributed by atoms with Gasteiger partial charge in [-0.1, -0.05) is 6.07 Å². The molecule has 1 aliphatic heterocycles. The summed E-state index contributed by atoms with van der Waals surface area (Å²) in [6, 6.07) is 14.0. The summed E-state index contributed by atoms with van der Waals surface area (Å²) in [7, 11) is 3.37. The molecule has 5 nitrogen and oxygen atoms in total. The van der Waals surface area contributed by atoms with Crippen molar-refractivity contribution in [1.29, 1.82) is 0 Å². The van der Waals surface area contributed by atoms with Crippen molar-refractivity contribution in [2.45, 2.75) is 31.7 Å². The highest BCUT2D eigenvalue weighted by atomic mass is 19.1. The Kier molecular flexibility index (Phi) is 5.65. The Labute approximate surface area is 168 Å². The number of benzene rings is 2. The van der Waals surface area contributed by atoms with Crippen molar-refractivity contribution in [2.24, 2.45) is 7.05 Å². The predicted octanol–water partition coefficient (Wildman–Crippen LogP) is 4.12. The van der Waals surface area contributed by atoms with Crippen LogP contribution >= 0.6 is 0 Å². The fourth-order valence-electron chi connectivity index (χ4n) is 3.82. The Bertz CT molecular complexity index is 1080. The number of methoxy groups -OCH3 is 1. The van der Waals surface area contributed by atoms with Gasteiger partial charge >= 0.3 is 0 Å². The van der Waals surface area contributed by atoms with E-state index >= 15 is 0 Å². The summed E-state index contributed by atoms with van der Waals surface area (Å²) >= 11 is 0. The average molecular weight is 397 g/mol. The largest absolute Gasteiger partial charge is 0.489 e. The molecule has 1 fully saturated rings. The maximum absolute atomic E-state index is 14.2. The van der Waals surface area contributed by atoms with E-state index < -0.39 is 0 Å². The lowest BCUT2D eigenvalue weighted by atomic mass is 9.91. The standard InChI is InChI=1S/C23H24FNO4/c1-25-21-5-3-15(9-17(21)4-6-22(25)26)14-29-20-11-18(10-19(24)13-20)16-7-8-28-23(12-16)27-2/h3-6,9-11,13,16,23H,7-8,12,14H2,1-2H3. The predicted molar refractivity (Wildman–Crippen MR) is 109 cm³/mol. The first kappa shape index (κ1) is 19.6. The lowest BCUT2D eigenvalue weighted by molar-refractivity contribution is -0.150. The maximum atomic E-state index is 14.2. The summed E-state index contributed by atoms with van der Waals surface area (Å²) in [5.74, 6) is 0.362. The smallest absolute Gasteiger partial charge is 0.250 e. The van der Waals surface area contributed by atoms with Gasteiger partial charge < -0.3 is 18.8 Å². The zero-order chi connectivity index (χ0) is 20.4. The van der Waals surface area contributed by atoms with Crippen LogP contribution in [0.15, 0.2) is 53.3 Å². The number of nitrogens with zero attached hydrogens (tertiary/aromatic N) is 1. The van der Waals surface area contributed by atoms with Crippen LogP contribution in [-0.2, 0) is 23.1 Å². The molecule has 29 heavy (non-hydrogen) atoms. The molecule has 0 saturated carbocycles. The van der Waals surface area contributed by atoms with E-state index in [2.05, 4.69) is 0 Å². The van der Waals surface area contributed by atoms with E-state index in [1.54, 1.807) is 36.9 Å². The van der Waals surface area contributed by atoms with Crippen LogP contribution < -0.4 is 10.3 Å². The van der Waals surface area contributed by atoms with Gasteiger partial charge in [0.2, 0.25) is 0 Å². The lowest BCUT2D eigenvalue weighted by Gasteiger charge is -2.29. The molecule has 2 heterocycles. The number of pyridine rings is 1. The van der Waals surface area contributed by atoms with Gasteiger partial charge in [-0.15, -0.1) is 0 Å². The molecule has 152 valence electrons. The van der Waals surface area contributed by atoms with Gasteiger partial charge in [0.1, 0.15) is 18.2 Å². The molecule has 4 rings (SSSR count). The van der Waals surface area contributed by atoms with E-state index in [0.717, 1.165) is 28.5 Å². The van der Waals surface area contributed by atoms with Gasteiger partial charge in [0, 0.05) is 32.7 Å². The van der Waals surface area contributed by atoms with Crippen LogP contribution in [0, 0.1) is 5.82 Å². The molecule has 0 bridgehead atoms. The molecule has 1 aliphatic rings. The molecule has 2 atom stereocenters. The minimum absolute atomic E-state index is 0.0439. The van der Waals surface area contributed by atoms with Gasteiger partial charge in [0.15, 0.2) is 6.29 Å². The van der Waals surface area contributed by atoms with Crippen molar-refractivity contribution in [3.8, 4) is 5.75 Å². The molecule has 1 saturated heterocycles. The second-order valence-electron chi connectivity index (χ2n) is 7.39. The summed E-state index contributed by atoms with van der Waals surface area (Å²) < 4.78 is 32.5. The molecule has 2 aromatic carbocycles. The zero-order valence-corrected chi connectivity index (χ0v) is 16.6. The first-order valence-corrected chi connectivity index (χ1v) is 9.70. The van der Waals surface area contributed by atoms with Crippen LogP contribution in [0.4, 0.5) is 4.39 Å². The zero-order valence-electron chi connectivity index (χ0n) is 16.6. The fourth-order valence-corrected chi connectivity index (χ4v) is 3.82. The number of ether oxygens (including phenoxy) is 3. The third-order valence-corrected chi connectivity index (χ3v) is 5.47. The summed E-state index contributed by atoms with van der Waals surface area (Å²) in [5.41, 5.74) is 2.67. The molecule has 1 aromatic heterocycles. The molecule has 6 heteroatoms. The SMILES string of the molecule is COC1CC(c2cc(F)cc(OCc3ccc4c(ccc(=O)n4C)c3)c2)CCO1. The maximum Gasteiger partial charge on any atom is 0.250 e. The van der Waals surface area contributed by atoms with E-state index in [1.807, 2.05) is 24.3 Å². The van der Waals surface area contributed by atoms with E-state index in [4.69, 9.17) is 14.2 Å². The summed E-state index contributed by atoms with van der Waals surface area (Å²) in [6.07, 6.45) is 1.27. The van der Waals surface area contributed by atoms with Crippen molar-refractivity contribution >= 4 is 10.9 Å². The topological polar surface area (TPSA) is 49.7 Å². The Morgan fingerprint density at radius 3 is 2.86 bits per heavy atom. The van der Waals surface area contributed by atoms with E-state index in [0.29, 0.717) is 25.4 Å². The van der Waals surface area contributed by atoms with E-state index in [9.17, 15) is 9.18 Å². The van der Waals surface area contributed by atoms with Crippen molar-refractivity contribution in [2.75, 3.05) is 13.7 Å². The number of aryl methyl sites for hydroxylation is 1. The minimum Gasteiger partial charge on any atom is -0.489 e. The quantitative estimate of drug-likeness (QED) is 0.650. The first-order valence-electron chi connectivity index (χ1n) is 9.70. The van der Waals surface area contributed by atoms with Crippen molar-refractivity contribution < 1.29 is 18.6 Å². The normalized spacial score (nSPS) is 19.4. The van der Waals surface area contributed by atoms with Crippen LogP contribution in [0.2, 0.25) is 0 Å². The molecule has 0 amide bonds. The molecule has 0 radical (unpaired) electrons. The van der Waals surface area contributed by atoms with Gasteiger partial charge in [-0.2, -0.15) is 0 Å². The molecule has 0 N–H and O–H groups in total. The van der Waals surface area contributed by atoms with Crippen LogP contribution in [0.3, 0.4) is 0 Å². The first-order chi connectivity index (χ1) is 14.0. The van der Waals surface area contributed by atoms with Crippen LogP contribution in [0.5, 0.6) is 5.75 Å². The molecule has 0 spiro atoms. The van der Waals surface area contributed by atoms with Gasteiger partial charge in [0.05, 0.1) is 12.1 Å². The van der Waals surface area contributed by atoms with E-state index in [-0.39, 0.29) is 23.6 Å². The lowest BCUT2D eigenvalue weighted by Crippen LogP contribution is -2.26.